The molecule has 3 nitrogen and oxygen atoms in total. The minimum absolute atomic E-state index is 0.277. The molecule has 6 heteroatoms. The summed E-state index contributed by atoms with van der Waals surface area (Å²) in [5, 5.41) is 0.958. The summed E-state index contributed by atoms with van der Waals surface area (Å²) < 4.78 is 27.0. The number of hydrogen-bond acceptors (Lipinski definition) is 2. The third-order valence-electron chi connectivity index (χ3n) is 3.33. The molecule has 0 fully saturated rings. The molecule has 0 aromatic heterocycles. The highest BCUT2D eigenvalue weighted by Crippen LogP contribution is 2.22. The lowest BCUT2D eigenvalue weighted by Crippen LogP contribution is -2.26. The summed E-state index contributed by atoms with van der Waals surface area (Å²) in [5.74, 6) is 0. The van der Waals surface area contributed by atoms with Crippen molar-refractivity contribution in [2.45, 2.75) is 24.7 Å². The Bertz CT molecular complexity index is 743. The topological polar surface area (TPSA) is 46.2 Å². The Morgan fingerprint density at radius 1 is 0.955 bits per heavy atom. The molecule has 0 unspecified atom stereocenters. The van der Waals surface area contributed by atoms with Crippen LogP contribution in [-0.2, 0) is 22.9 Å². The van der Waals surface area contributed by atoms with Gasteiger partial charge < -0.3 is 0 Å². The lowest BCUT2D eigenvalue weighted by molar-refractivity contribution is 0.581. The maximum atomic E-state index is 12.2. The van der Waals surface area contributed by atoms with Gasteiger partial charge in [0, 0.05) is 6.54 Å². The average Bonchev–Trinajstić information content (AvgIpc) is 2.51. The summed E-state index contributed by atoms with van der Waals surface area (Å²) in [6.45, 7) is 2.33. The van der Waals surface area contributed by atoms with Crippen LogP contribution in [0.1, 0.15) is 18.1 Å². The molecule has 0 saturated carbocycles. The van der Waals surface area contributed by atoms with Gasteiger partial charge in [0.05, 0.1) is 14.9 Å². The van der Waals surface area contributed by atoms with E-state index in [1.807, 2.05) is 25.1 Å². The second-order valence-corrected chi connectivity index (χ2v) is 7.48. The molecule has 22 heavy (non-hydrogen) atoms. The minimum atomic E-state index is -3.48. The molecule has 0 radical (unpaired) electrons. The molecule has 1 N–H and O–H groups in total. The highest BCUT2D eigenvalue weighted by molar-refractivity contribution is 7.89. The number of benzene rings is 2. The smallest absolute Gasteiger partial charge is 0.211 e. The molecule has 0 atom stereocenters. The number of nitrogens with one attached hydrogen (secondary N) is 1. The number of aryl methyl sites for hydroxylation is 1. The van der Waals surface area contributed by atoms with Crippen LogP contribution in [0.2, 0.25) is 10.0 Å². The number of halogens is 2. The van der Waals surface area contributed by atoms with Gasteiger partial charge >= 0.3 is 0 Å². The predicted octanol–water partition coefficient (Wildman–Crippen LogP) is 4.08. The van der Waals surface area contributed by atoms with E-state index in [0.29, 0.717) is 23.0 Å². The molecule has 2 aromatic carbocycles. The SMILES string of the molecule is CCc1ccc(S(=O)(=O)NCCc2ccc(Cl)c(Cl)c2)cc1. The number of rotatable bonds is 6. The molecule has 2 aromatic rings. The van der Waals surface area contributed by atoms with Crippen LogP contribution in [0, 0.1) is 0 Å². The van der Waals surface area contributed by atoms with E-state index >= 15 is 0 Å². The van der Waals surface area contributed by atoms with Gasteiger partial charge in [0.2, 0.25) is 10.0 Å². The van der Waals surface area contributed by atoms with E-state index in [1.165, 1.54) is 0 Å². The van der Waals surface area contributed by atoms with Gasteiger partial charge in [-0.2, -0.15) is 0 Å². The zero-order valence-electron chi connectivity index (χ0n) is 12.1. The lowest BCUT2D eigenvalue weighted by atomic mass is 10.1. The first-order valence-corrected chi connectivity index (χ1v) is 9.19. The number of sulfonamides is 1. The first kappa shape index (κ1) is 17.3. The monoisotopic (exact) mass is 357 g/mol. The summed E-state index contributed by atoms with van der Waals surface area (Å²) in [4.78, 5) is 0.277. The van der Waals surface area contributed by atoms with Gasteiger partial charge in [-0.15, -0.1) is 0 Å². The molecule has 0 aliphatic rings. The van der Waals surface area contributed by atoms with Crippen LogP contribution in [0.25, 0.3) is 0 Å². The largest absolute Gasteiger partial charge is 0.240 e. The quantitative estimate of drug-likeness (QED) is 0.846. The molecular formula is C16H17Cl2NO2S. The van der Waals surface area contributed by atoms with Crippen LogP contribution < -0.4 is 4.72 Å². The average molecular weight is 358 g/mol. The van der Waals surface area contributed by atoms with Gasteiger partial charge in [-0.3, -0.25) is 0 Å². The summed E-state index contributed by atoms with van der Waals surface area (Å²) in [6, 6.07) is 12.2. The van der Waals surface area contributed by atoms with E-state index in [9.17, 15) is 8.42 Å². The van der Waals surface area contributed by atoms with E-state index < -0.39 is 10.0 Å². The third-order valence-corrected chi connectivity index (χ3v) is 5.55. The predicted molar refractivity (Wildman–Crippen MR) is 91.2 cm³/mol. The fourth-order valence-electron chi connectivity index (χ4n) is 2.01. The van der Waals surface area contributed by atoms with E-state index in [2.05, 4.69) is 4.72 Å². The molecule has 0 amide bonds. The van der Waals surface area contributed by atoms with Gasteiger partial charge in [0.15, 0.2) is 0 Å². The van der Waals surface area contributed by atoms with Gasteiger partial charge in [0.1, 0.15) is 0 Å². The summed E-state index contributed by atoms with van der Waals surface area (Å²) in [6.07, 6.45) is 1.42. The maximum absolute atomic E-state index is 12.2. The first-order valence-electron chi connectivity index (χ1n) is 6.95. The van der Waals surface area contributed by atoms with E-state index in [4.69, 9.17) is 23.2 Å². The van der Waals surface area contributed by atoms with Crippen molar-refractivity contribution in [2.75, 3.05) is 6.54 Å². The Balaban J connectivity index is 1.98. The molecule has 118 valence electrons. The van der Waals surface area contributed by atoms with Crippen molar-refractivity contribution in [3.8, 4) is 0 Å². The maximum Gasteiger partial charge on any atom is 0.240 e. The first-order chi connectivity index (χ1) is 10.4. The normalized spacial score (nSPS) is 11.6. The van der Waals surface area contributed by atoms with Crippen molar-refractivity contribution >= 4 is 33.2 Å². The van der Waals surface area contributed by atoms with Crippen molar-refractivity contribution < 1.29 is 8.42 Å². The second-order valence-electron chi connectivity index (χ2n) is 4.89. The van der Waals surface area contributed by atoms with Crippen molar-refractivity contribution in [3.05, 3.63) is 63.6 Å². The van der Waals surface area contributed by atoms with Crippen LogP contribution >= 0.6 is 23.2 Å². The van der Waals surface area contributed by atoms with Crippen molar-refractivity contribution in [1.29, 1.82) is 0 Å². The molecule has 2 rings (SSSR count). The molecular weight excluding hydrogens is 341 g/mol. The summed E-state index contributed by atoms with van der Waals surface area (Å²) >= 11 is 11.8. The van der Waals surface area contributed by atoms with Crippen molar-refractivity contribution in [3.63, 3.8) is 0 Å². The zero-order chi connectivity index (χ0) is 16.2. The van der Waals surface area contributed by atoms with E-state index in [0.717, 1.165) is 17.5 Å². The Morgan fingerprint density at radius 3 is 2.18 bits per heavy atom. The number of hydrogen-bond donors (Lipinski definition) is 1. The van der Waals surface area contributed by atoms with E-state index in [1.54, 1.807) is 24.3 Å². The Kier molecular flexibility index (Phi) is 5.87. The molecule has 0 aliphatic heterocycles. The van der Waals surface area contributed by atoms with Gasteiger partial charge in [0.25, 0.3) is 0 Å². The Morgan fingerprint density at radius 2 is 1.59 bits per heavy atom. The zero-order valence-corrected chi connectivity index (χ0v) is 14.5. The van der Waals surface area contributed by atoms with Crippen LogP contribution in [0.5, 0.6) is 0 Å². The molecule has 0 heterocycles. The van der Waals surface area contributed by atoms with Crippen LogP contribution in [0.15, 0.2) is 47.4 Å². The fraction of sp³-hybridized carbons (Fsp3) is 0.250. The van der Waals surface area contributed by atoms with Crippen molar-refractivity contribution in [1.82, 2.24) is 4.72 Å². The molecule has 0 saturated heterocycles. The van der Waals surface area contributed by atoms with Gasteiger partial charge in [-0.05, 0) is 48.2 Å². The van der Waals surface area contributed by atoms with Crippen LogP contribution in [0.4, 0.5) is 0 Å². The fourth-order valence-corrected chi connectivity index (χ4v) is 3.37. The molecule has 0 spiro atoms. The van der Waals surface area contributed by atoms with Gasteiger partial charge in [-0.1, -0.05) is 48.3 Å². The third kappa shape index (κ3) is 4.46. The Labute approximate surface area is 141 Å². The Hall–Kier alpha value is -1.07. The standard InChI is InChI=1S/C16H17Cl2NO2S/c1-2-12-3-6-14(7-4-12)22(20,21)19-10-9-13-5-8-15(17)16(18)11-13/h3-8,11,19H,2,9-10H2,1H3. The minimum Gasteiger partial charge on any atom is -0.211 e. The summed E-state index contributed by atoms with van der Waals surface area (Å²) in [7, 11) is -3.48. The van der Waals surface area contributed by atoms with Crippen LogP contribution in [-0.4, -0.2) is 15.0 Å². The highest BCUT2D eigenvalue weighted by atomic mass is 35.5. The second kappa shape index (κ2) is 7.47. The van der Waals surface area contributed by atoms with E-state index in [-0.39, 0.29) is 4.90 Å². The summed E-state index contributed by atoms with van der Waals surface area (Å²) in [5.41, 5.74) is 2.04. The highest BCUT2D eigenvalue weighted by Gasteiger charge is 2.13. The van der Waals surface area contributed by atoms with Crippen molar-refractivity contribution in [2.24, 2.45) is 0 Å². The lowest BCUT2D eigenvalue weighted by Gasteiger charge is -2.08. The molecule has 0 bridgehead atoms. The van der Waals surface area contributed by atoms with Gasteiger partial charge in [-0.25, -0.2) is 13.1 Å². The van der Waals surface area contributed by atoms with Crippen LogP contribution in [0.3, 0.4) is 0 Å². The molecule has 0 aliphatic carbocycles.